The molecular weight excluding hydrogens is 248 g/mol. The van der Waals surface area contributed by atoms with E-state index in [0.29, 0.717) is 0 Å². The Morgan fingerprint density at radius 3 is 2.65 bits per heavy atom. The first kappa shape index (κ1) is 13.2. The van der Waals surface area contributed by atoms with Crippen LogP contribution in [0.15, 0.2) is 42.5 Å². The monoisotopic (exact) mass is 268 g/mol. The van der Waals surface area contributed by atoms with E-state index in [1.807, 2.05) is 26.0 Å². The lowest BCUT2D eigenvalue weighted by molar-refractivity contribution is -0.169. The Balaban J connectivity index is 1.78. The zero-order valence-electron chi connectivity index (χ0n) is 12.1. The van der Waals surface area contributed by atoms with E-state index in [4.69, 9.17) is 4.74 Å². The van der Waals surface area contributed by atoms with Gasteiger partial charge in [0.1, 0.15) is 5.60 Å². The average Bonchev–Trinajstić information content (AvgIpc) is 2.41. The third-order valence-electron chi connectivity index (χ3n) is 4.10. The van der Waals surface area contributed by atoms with Crippen LogP contribution >= 0.6 is 0 Å². The molecule has 0 radical (unpaired) electrons. The summed E-state index contributed by atoms with van der Waals surface area (Å²) in [4.78, 5) is 12.1. The number of benzene rings is 2. The molecule has 0 N–H and O–H groups in total. The molecule has 0 aromatic heterocycles. The summed E-state index contributed by atoms with van der Waals surface area (Å²) >= 11 is 0. The highest BCUT2D eigenvalue weighted by Gasteiger charge is 2.34. The molecule has 1 fully saturated rings. The Bertz CT molecular complexity index is 643. The lowest BCUT2D eigenvalue weighted by atomic mass is 9.87. The highest BCUT2D eigenvalue weighted by molar-refractivity contribution is 5.83. The van der Waals surface area contributed by atoms with Crippen LogP contribution in [0.4, 0.5) is 0 Å². The predicted octanol–water partition coefficient (Wildman–Crippen LogP) is 4.11. The summed E-state index contributed by atoms with van der Waals surface area (Å²) in [6.07, 6.45) is 2.63. The molecule has 1 heterocycles. The van der Waals surface area contributed by atoms with Crippen molar-refractivity contribution in [2.45, 2.75) is 38.7 Å². The Hall–Kier alpha value is -1.83. The molecule has 0 saturated carbocycles. The number of ether oxygens (including phenoxy) is 1. The van der Waals surface area contributed by atoms with Crippen molar-refractivity contribution >= 4 is 16.7 Å². The van der Waals surface area contributed by atoms with Crippen LogP contribution in [0.25, 0.3) is 10.8 Å². The molecule has 104 valence electrons. The topological polar surface area (TPSA) is 26.3 Å². The summed E-state index contributed by atoms with van der Waals surface area (Å²) < 4.78 is 5.51. The van der Waals surface area contributed by atoms with Crippen LogP contribution in [-0.4, -0.2) is 11.6 Å². The summed E-state index contributed by atoms with van der Waals surface area (Å²) in [7, 11) is 0. The minimum atomic E-state index is -0.295. The smallest absolute Gasteiger partial charge is 0.309 e. The van der Waals surface area contributed by atoms with E-state index in [9.17, 15) is 4.79 Å². The summed E-state index contributed by atoms with van der Waals surface area (Å²) in [6, 6.07) is 14.7. The molecule has 0 amide bonds. The van der Waals surface area contributed by atoms with Gasteiger partial charge in [0.05, 0.1) is 5.92 Å². The lowest BCUT2D eigenvalue weighted by Gasteiger charge is -2.33. The van der Waals surface area contributed by atoms with Crippen LogP contribution in [0, 0.1) is 5.92 Å². The van der Waals surface area contributed by atoms with Gasteiger partial charge in [-0.05, 0) is 49.4 Å². The van der Waals surface area contributed by atoms with Gasteiger partial charge in [0.15, 0.2) is 0 Å². The van der Waals surface area contributed by atoms with E-state index in [2.05, 4.69) is 30.3 Å². The normalized spacial score (nSPS) is 21.7. The second kappa shape index (κ2) is 4.93. The maximum absolute atomic E-state index is 12.1. The fourth-order valence-corrected chi connectivity index (χ4v) is 2.88. The van der Waals surface area contributed by atoms with Crippen LogP contribution in [0.5, 0.6) is 0 Å². The van der Waals surface area contributed by atoms with Gasteiger partial charge in [0, 0.05) is 0 Å². The SMILES string of the molecule is CC1(C)CC[C@H](Cc2ccc3ccccc3c2)C(=O)O1. The minimum Gasteiger partial charge on any atom is -0.459 e. The largest absolute Gasteiger partial charge is 0.459 e. The van der Waals surface area contributed by atoms with Crippen molar-refractivity contribution < 1.29 is 9.53 Å². The van der Waals surface area contributed by atoms with Crippen LogP contribution in [0.2, 0.25) is 0 Å². The van der Waals surface area contributed by atoms with E-state index in [1.54, 1.807) is 0 Å². The molecule has 3 rings (SSSR count). The highest BCUT2D eigenvalue weighted by Crippen LogP contribution is 2.30. The zero-order valence-corrected chi connectivity index (χ0v) is 12.1. The number of fused-ring (bicyclic) bond motifs is 1. The molecule has 2 nitrogen and oxygen atoms in total. The molecule has 0 spiro atoms. The number of esters is 1. The molecule has 0 aliphatic carbocycles. The first-order chi connectivity index (χ1) is 9.53. The van der Waals surface area contributed by atoms with Gasteiger partial charge < -0.3 is 4.74 Å². The van der Waals surface area contributed by atoms with Crippen molar-refractivity contribution in [1.29, 1.82) is 0 Å². The number of cyclic esters (lactones) is 1. The van der Waals surface area contributed by atoms with Crippen molar-refractivity contribution in [2.24, 2.45) is 5.92 Å². The molecule has 1 saturated heterocycles. The third-order valence-corrected chi connectivity index (χ3v) is 4.10. The summed E-state index contributed by atoms with van der Waals surface area (Å²) in [5, 5.41) is 2.47. The predicted molar refractivity (Wildman–Crippen MR) is 80.5 cm³/mol. The fraction of sp³-hybridized carbons (Fsp3) is 0.389. The van der Waals surface area contributed by atoms with Crippen molar-refractivity contribution in [3.8, 4) is 0 Å². The summed E-state index contributed by atoms with van der Waals surface area (Å²) in [5.74, 6) is -0.0430. The van der Waals surface area contributed by atoms with Crippen LogP contribution in [-0.2, 0) is 16.0 Å². The number of carbonyl (C=O) groups excluding carboxylic acids is 1. The number of hydrogen-bond donors (Lipinski definition) is 0. The standard InChI is InChI=1S/C18H20O2/c1-18(2)10-9-16(17(19)20-18)12-13-7-8-14-5-3-4-6-15(14)11-13/h3-8,11,16H,9-10,12H2,1-2H3/t16-/m1/s1. The number of rotatable bonds is 2. The van der Waals surface area contributed by atoms with Crippen molar-refractivity contribution in [3.05, 3.63) is 48.0 Å². The number of hydrogen-bond acceptors (Lipinski definition) is 2. The minimum absolute atomic E-state index is 0.00388. The molecule has 2 aromatic carbocycles. The summed E-state index contributed by atoms with van der Waals surface area (Å²) in [6.45, 7) is 3.97. The van der Waals surface area contributed by atoms with Gasteiger partial charge in [-0.1, -0.05) is 42.5 Å². The fourth-order valence-electron chi connectivity index (χ4n) is 2.88. The van der Waals surface area contributed by atoms with Crippen LogP contribution < -0.4 is 0 Å². The van der Waals surface area contributed by atoms with E-state index in [-0.39, 0.29) is 17.5 Å². The van der Waals surface area contributed by atoms with E-state index in [0.717, 1.165) is 19.3 Å². The van der Waals surface area contributed by atoms with Crippen molar-refractivity contribution in [3.63, 3.8) is 0 Å². The van der Waals surface area contributed by atoms with Gasteiger partial charge in [0.25, 0.3) is 0 Å². The molecule has 20 heavy (non-hydrogen) atoms. The zero-order chi connectivity index (χ0) is 14.2. The first-order valence-corrected chi connectivity index (χ1v) is 7.24. The van der Waals surface area contributed by atoms with Crippen LogP contribution in [0.3, 0.4) is 0 Å². The second-order valence-corrected chi connectivity index (χ2v) is 6.30. The van der Waals surface area contributed by atoms with E-state index < -0.39 is 0 Å². The van der Waals surface area contributed by atoms with E-state index >= 15 is 0 Å². The van der Waals surface area contributed by atoms with Gasteiger partial charge in [-0.15, -0.1) is 0 Å². The van der Waals surface area contributed by atoms with E-state index in [1.165, 1.54) is 16.3 Å². The molecule has 1 aliphatic rings. The van der Waals surface area contributed by atoms with Crippen LogP contribution in [0.1, 0.15) is 32.3 Å². The second-order valence-electron chi connectivity index (χ2n) is 6.30. The maximum atomic E-state index is 12.1. The molecule has 0 bridgehead atoms. The number of carbonyl (C=O) groups is 1. The van der Waals surface area contributed by atoms with Gasteiger partial charge >= 0.3 is 5.97 Å². The quantitative estimate of drug-likeness (QED) is 0.766. The Morgan fingerprint density at radius 1 is 1.15 bits per heavy atom. The molecule has 2 aromatic rings. The molecule has 2 heteroatoms. The molecule has 0 unspecified atom stereocenters. The van der Waals surface area contributed by atoms with Crippen molar-refractivity contribution in [1.82, 2.24) is 0 Å². The van der Waals surface area contributed by atoms with Gasteiger partial charge in [-0.2, -0.15) is 0 Å². The lowest BCUT2D eigenvalue weighted by Crippen LogP contribution is -2.38. The highest BCUT2D eigenvalue weighted by atomic mass is 16.6. The summed E-state index contributed by atoms with van der Waals surface area (Å²) in [5.41, 5.74) is 0.919. The van der Waals surface area contributed by atoms with Gasteiger partial charge in [0.2, 0.25) is 0 Å². The average molecular weight is 268 g/mol. The van der Waals surface area contributed by atoms with Crippen molar-refractivity contribution in [2.75, 3.05) is 0 Å². The van der Waals surface area contributed by atoms with Gasteiger partial charge in [-0.25, -0.2) is 0 Å². The Morgan fingerprint density at radius 2 is 1.90 bits per heavy atom. The first-order valence-electron chi connectivity index (χ1n) is 7.24. The molecule has 1 aliphatic heterocycles. The van der Waals surface area contributed by atoms with Gasteiger partial charge in [-0.3, -0.25) is 4.79 Å². The Kier molecular flexibility index (Phi) is 3.25. The molecular formula is C18H20O2. The molecule has 1 atom stereocenters. The third kappa shape index (κ3) is 2.69. The Labute approximate surface area is 119 Å². The maximum Gasteiger partial charge on any atom is 0.309 e.